The smallest absolute Gasteiger partial charge is 0.220 e. The normalized spacial score (nSPS) is 13.7. The molecule has 3 rings (SSSR count). The monoisotopic (exact) mass is 347 g/mol. The highest BCUT2D eigenvalue weighted by Gasteiger charge is 2.17. The molecule has 2 heterocycles. The number of fused-ring (bicyclic) bond motifs is 1. The molecule has 6 nitrogen and oxygen atoms in total. The van der Waals surface area contributed by atoms with E-state index in [0.717, 1.165) is 47.8 Å². The highest BCUT2D eigenvalue weighted by Crippen LogP contribution is 2.22. The van der Waals surface area contributed by atoms with Crippen molar-refractivity contribution in [3.8, 4) is 0 Å². The maximum Gasteiger partial charge on any atom is 0.220 e. The van der Waals surface area contributed by atoms with Gasteiger partial charge in [-0.05, 0) is 38.2 Å². The molecule has 0 unspecified atom stereocenters. The van der Waals surface area contributed by atoms with Gasteiger partial charge < -0.3 is 10.3 Å². The van der Waals surface area contributed by atoms with E-state index < -0.39 is 0 Å². The largest absolute Gasteiger partial charge is 0.355 e. The van der Waals surface area contributed by atoms with Gasteiger partial charge in [0, 0.05) is 42.3 Å². The van der Waals surface area contributed by atoms with Crippen molar-refractivity contribution in [2.75, 3.05) is 12.3 Å². The van der Waals surface area contributed by atoms with E-state index in [2.05, 4.69) is 25.5 Å². The third kappa shape index (κ3) is 4.41. The number of hydrogen-bond acceptors (Lipinski definition) is 4. The summed E-state index contributed by atoms with van der Waals surface area (Å²) < 4.78 is 0. The third-order valence-electron chi connectivity index (χ3n) is 4.47. The quantitative estimate of drug-likeness (QED) is 0.640. The minimum absolute atomic E-state index is 0.110. The summed E-state index contributed by atoms with van der Waals surface area (Å²) in [6.45, 7) is 2.73. The van der Waals surface area contributed by atoms with Gasteiger partial charge in [-0.2, -0.15) is 16.9 Å². The van der Waals surface area contributed by atoms with Crippen LogP contribution in [0, 0.1) is 6.92 Å². The lowest BCUT2D eigenvalue weighted by molar-refractivity contribution is -0.120. The molecule has 0 saturated carbocycles. The summed E-state index contributed by atoms with van der Waals surface area (Å²) in [5.41, 5.74) is 5.94. The first-order valence-corrected chi connectivity index (χ1v) is 9.78. The van der Waals surface area contributed by atoms with Crippen molar-refractivity contribution in [1.82, 2.24) is 25.5 Å². The van der Waals surface area contributed by atoms with Gasteiger partial charge in [0.2, 0.25) is 5.91 Å². The molecule has 0 aliphatic heterocycles. The van der Waals surface area contributed by atoms with E-state index in [9.17, 15) is 4.79 Å². The van der Waals surface area contributed by atoms with Crippen molar-refractivity contribution in [1.29, 1.82) is 0 Å². The molecule has 0 atom stereocenters. The Morgan fingerprint density at radius 2 is 2.21 bits per heavy atom. The molecule has 24 heavy (non-hydrogen) atoms. The van der Waals surface area contributed by atoms with E-state index >= 15 is 0 Å². The summed E-state index contributed by atoms with van der Waals surface area (Å²) in [5.74, 6) is 1.89. The van der Waals surface area contributed by atoms with E-state index in [-0.39, 0.29) is 5.91 Å². The molecule has 1 amide bonds. The number of nitrogens with zero attached hydrogens (tertiary/aromatic N) is 2. The van der Waals surface area contributed by atoms with Crippen molar-refractivity contribution in [3.05, 3.63) is 34.7 Å². The number of imidazole rings is 1. The molecule has 2 aromatic rings. The first-order chi connectivity index (χ1) is 11.7. The number of H-pyrrole nitrogens is 2. The zero-order valence-corrected chi connectivity index (χ0v) is 15.0. The lowest BCUT2D eigenvalue weighted by Gasteiger charge is -2.11. The summed E-state index contributed by atoms with van der Waals surface area (Å²) in [6.07, 6.45) is 7.65. The SMILES string of the molecule is Cc1[nH]cnc1CSCCNC(=O)CCc1n[nH]c2c1CCCC2. The molecule has 3 N–H and O–H groups in total. The van der Waals surface area contributed by atoms with Gasteiger partial charge >= 0.3 is 0 Å². The number of nitrogens with one attached hydrogen (secondary N) is 3. The average Bonchev–Trinajstić information content (AvgIpc) is 3.19. The minimum atomic E-state index is 0.110. The molecule has 2 aromatic heterocycles. The topological polar surface area (TPSA) is 86.5 Å². The van der Waals surface area contributed by atoms with Crippen LogP contribution in [-0.4, -0.2) is 38.4 Å². The molecular formula is C17H25N5OS. The second kappa shape index (κ2) is 8.37. The Morgan fingerprint density at radius 1 is 1.33 bits per heavy atom. The number of carbonyl (C=O) groups is 1. The zero-order chi connectivity index (χ0) is 16.8. The predicted molar refractivity (Wildman–Crippen MR) is 96.0 cm³/mol. The van der Waals surface area contributed by atoms with Gasteiger partial charge in [-0.3, -0.25) is 9.89 Å². The van der Waals surface area contributed by atoms with Gasteiger partial charge in [0.25, 0.3) is 0 Å². The van der Waals surface area contributed by atoms with Crippen LogP contribution in [0.1, 0.15) is 47.6 Å². The summed E-state index contributed by atoms with van der Waals surface area (Å²) in [5, 5.41) is 10.5. The van der Waals surface area contributed by atoms with Crippen LogP contribution in [0.25, 0.3) is 0 Å². The molecule has 0 saturated heterocycles. The minimum Gasteiger partial charge on any atom is -0.355 e. The Kier molecular flexibility index (Phi) is 5.96. The van der Waals surface area contributed by atoms with Crippen molar-refractivity contribution in [2.45, 2.75) is 51.2 Å². The molecule has 130 valence electrons. The Hall–Kier alpha value is -1.76. The molecule has 7 heteroatoms. The van der Waals surface area contributed by atoms with Gasteiger partial charge in [0.15, 0.2) is 0 Å². The second-order valence-corrected chi connectivity index (χ2v) is 7.32. The van der Waals surface area contributed by atoms with Crippen LogP contribution < -0.4 is 5.32 Å². The van der Waals surface area contributed by atoms with Gasteiger partial charge in [-0.25, -0.2) is 4.98 Å². The first-order valence-electron chi connectivity index (χ1n) is 8.62. The second-order valence-electron chi connectivity index (χ2n) is 6.21. The van der Waals surface area contributed by atoms with Crippen LogP contribution in [0.4, 0.5) is 0 Å². The van der Waals surface area contributed by atoms with Crippen molar-refractivity contribution in [2.24, 2.45) is 0 Å². The number of aromatic nitrogens is 4. The van der Waals surface area contributed by atoms with Crippen LogP contribution in [0.2, 0.25) is 0 Å². The summed E-state index contributed by atoms with van der Waals surface area (Å²) in [6, 6.07) is 0. The van der Waals surface area contributed by atoms with Crippen LogP contribution in [0.15, 0.2) is 6.33 Å². The van der Waals surface area contributed by atoms with Gasteiger partial charge in [0.05, 0.1) is 17.7 Å². The molecule has 0 bridgehead atoms. The number of carbonyl (C=O) groups excluding carboxylic acids is 1. The van der Waals surface area contributed by atoms with E-state index in [1.807, 2.05) is 6.92 Å². The summed E-state index contributed by atoms with van der Waals surface area (Å²) >= 11 is 1.79. The van der Waals surface area contributed by atoms with Gasteiger partial charge in [-0.15, -0.1) is 0 Å². The molecule has 0 fully saturated rings. The number of rotatable bonds is 8. The fraction of sp³-hybridized carbons (Fsp3) is 0.588. The fourth-order valence-corrected chi connectivity index (χ4v) is 3.92. The van der Waals surface area contributed by atoms with E-state index in [0.29, 0.717) is 13.0 Å². The van der Waals surface area contributed by atoms with Gasteiger partial charge in [0.1, 0.15) is 0 Å². The maximum absolute atomic E-state index is 12.0. The average molecular weight is 347 g/mol. The molecular weight excluding hydrogens is 322 g/mol. The fourth-order valence-electron chi connectivity index (χ4n) is 3.04. The van der Waals surface area contributed by atoms with E-state index in [4.69, 9.17) is 0 Å². The van der Waals surface area contributed by atoms with E-state index in [1.165, 1.54) is 24.1 Å². The number of thioether (sulfide) groups is 1. The lowest BCUT2D eigenvalue weighted by Crippen LogP contribution is -2.26. The Labute approximate surface area is 146 Å². The third-order valence-corrected chi connectivity index (χ3v) is 5.44. The van der Waals surface area contributed by atoms with Crippen LogP contribution >= 0.6 is 11.8 Å². The lowest BCUT2D eigenvalue weighted by atomic mass is 9.95. The predicted octanol–water partition coefficient (Wildman–Crippen LogP) is 2.30. The zero-order valence-electron chi connectivity index (χ0n) is 14.2. The van der Waals surface area contributed by atoms with Gasteiger partial charge in [-0.1, -0.05) is 0 Å². The van der Waals surface area contributed by atoms with E-state index in [1.54, 1.807) is 18.1 Å². The number of amides is 1. The van der Waals surface area contributed by atoms with Crippen molar-refractivity contribution in [3.63, 3.8) is 0 Å². The number of aromatic amines is 2. The molecule has 1 aliphatic rings. The van der Waals surface area contributed by atoms with Crippen LogP contribution in [-0.2, 0) is 29.8 Å². The number of hydrogen-bond donors (Lipinski definition) is 3. The molecule has 0 aromatic carbocycles. The summed E-state index contributed by atoms with van der Waals surface area (Å²) in [4.78, 5) is 19.3. The van der Waals surface area contributed by atoms with Crippen LogP contribution in [0.3, 0.4) is 0 Å². The first kappa shape index (κ1) is 17.1. The molecule has 0 radical (unpaired) electrons. The Balaban J connectivity index is 1.31. The summed E-state index contributed by atoms with van der Waals surface area (Å²) in [7, 11) is 0. The Bertz CT molecular complexity index is 678. The maximum atomic E-state index is 12.0. The number of aryl methyl sites for hydroxylation is 3. The molecule has 1 aliphatic carbocycles. The van der Waals surface area contributed by atoms with Crippen molar-refractivity contribution < 1.29 is 4.79 Å². The standard InChI is InChI=1S/C17H25N5OS/c1-12-16(20-11-19-12)10-24-9-8-18-17(23)7-6-15-13-4-2-3-5-14(13)21-22-15/h11H,2-10H2,1H3,(H,18,23)(H,19,20)(H,21,22). The Morgan fingerprint density at radius 3 is 3.04 bits per heavy atom. The van der Waals surface area contributed by atoms with Crippen LogP contribution in [0.5, 0.6) is 0 Å². The highest BCUT2D eigenvalue weighted by atomic mass is 32.2. The highest BCUT2D eigenvalue weighted by molar-refractivity contribution is 7.98. The molecule has 0 spiro atoms. The van der Waals surface area contributed by atoms with Crippen molar-refractivity contribution >= 4 is 17.7 Å².